The molecule has 16 heavy (non-hydrogen) atoms. The summed E-state index contributed by atoms with van der Waals surface area (Å²) in [5, 5.41) is 10.6. The number of hydrogen-bond donors (Lipinski definition) is 1. The van der Waals surface area contributed by atoms with Crippen LogP contribution in [0.15, 0.2) is 17.5 Å². The SMILES string of the molecule is C/C(=C\C(=O)O)c1cc(C2OCCO2)cs1. The van der Waals surface area contributed by atoms with Gasteiger partial charge in [-0.1, -0.05) is 0 Å². The maximum absolute atomic E-state index is 10.5. The van der Waals surface area contributed by atoms with Crippen LogP contribution in [-0.2, 0) is 14.3 Å². The molecule has 2 heterocycles. The van der Waals surface area contributed by atoms with E-state index in [2.05, 4.69) is 0 Å². The summed E-state index contributed by atoms with van der Waals surface area (Å²) in [5.74, 6) is -0.930. The predicted molar refractivity (Wildman–Crippen MR) is 60.3 cm³/mol. The summed E-state index contributed by atoms with van der Waals surface area (Å²) in [5.41, 5.74) is 1.69. The molecule has 0 spiro atoms. The molecule has 0 unspecified atom stereocenters. The molecule has 1 saturated heterocycles. The lowest BCUT2D eigenvalue weighted by Gasteiger charge is -2.04. The second kappa shape index (κ2) is 4.78. The Morgan fingerprint density at radius 1 is 1.56 bits per heavy atom. The molecular weight excluding hydrogens is 228 g/mol. The quantitative estimate of drug-likeness (QED) is 0.823. The third kappa shape index (κ3) is 2.49. The van der Waals surface area contributed by atoms with Crippen molar-refractivity contribution in [3.63, 3.8) is 0 Å². The Bertz CT molecular complexity index is 415. The van der Waals surface area contributed by atoms with Gasteiger partial charge in [0.25, 0.3) is 0 Å². The van der Waals surface area contributed by atoms with Crippen molar-refractivity contribution in [1.82, 2.24) is 0 Å². The zero-order valence-corrected chi connectivity index (χ0v) is 9.62. The number of carbonyl (C=O) groups is 1. The van der Waals surface area contributed by atoms with E-state index < -0.39 is 5.97 Å². The van der Waals surface area contributed by atoms with Crippen molar-refractivity contribution in [2.75, 3.05) is 13.2 Å². The fraction of sp³-hybridized carbons (Fsp3) is 0.364. The standard InChI is InChI=1S/C11H12O4S/c1-7(4-10(12)13)9-5-8(6-16-9)11-14-2-3-15-11/h4-6,11H,2-3H2,1H3,(H,12,13)/b7-4+. The first kappa shape index (κ1) is 11.3. The van der Waals surface area contributed by atoms with Crippen LogP contribution >= 0.6 is 11.3 Å². The van der Waals surface area contributed by atoms with E-state index in [9.17, 15) is 4.79 Å². The van der Waals surface area contributed by atoms with Gasteiger partial charge in [0.15, 0.2) is 6.29 Å². The highest BCUT2D eigenvalue weighted by Crippen LogP contribution is 2.30. The van der Waals surface area contributed by atoms with E-state index in [4.69, 9.17) is 14.6 Å². The van der Waals surface area contributed by atoms with E-state index in [0.29, 0.717) is 13.2 Å². The number of aliphatic carboxylic acids is 1. The van der Waals surface area contributed by atoms with Crippen LogP contribution < -0.4 is 0 Å². The minimum Gasteiger partial charge on any atom is -0.478 e. The van der Waals surface area contributed by atoms with Gasteiger partial charge < -0.3 is 14.6 Å². The smallest absolute Gasteiger partial charge is 0.328 e. The van der Waals surface area contributed by atoms with Gasteiger partial charge in [-0.3, -0.25) is 0 Å². The fourth-order valence-corrected chi connectivity index (χ4v) is 2.38. The number of carboxylic acid groups (broad SMARTS) is 1. The lowest BCUT2D eigenvalue weighted by atomic mass is 10.2. The van der Waals surface area contributed by atoms with Crippen LogP contribution in [0.5, 0.6) is 0 Å². The van der Waals surface area contributed by atoms with Gasteiger partial charge >= 0.3 is 5.97 Å². The van der Waals surface area contributed by atoms with Crippen LogP contribution in [0.4, 0.5) is 0 Å². The summed E-state index contributed by atoms with van der Waals surface area (Å²) in [6.45, 7) is 3.00. The largest absolute Gasteiger partial charge is 0.478 e. The van der Waals surface area contributed by atoms with Crippen LogP contribution in [0.3, 0.4) is 0 Å². The van der Waals surface area contributed by atoms with Crippen LogP contribution in [0.1, 0.15) is 23.7 Å². The van der Waals surface area contributed by atoms with Crippen LogP contribution in [-0.4, -0.2) is 24.3 Å². The number of thiophene rings is 1. The van der Waals surface area contributed by atoms with Crippen molar-refractivity contribution >= 4 is 22.9 Å². The van der Waals surface area contributed by atoms with Crippen LogP contribution in [0.2, 0.25) is 0 Å². The Hall–Kier alpha value is -1.17. The summed E-state index contributed by atoms with van der Waals surface area (Å²) < 4.78 is 10.7. The molecular formula is C11H12O4S. The van der Waals surface area contributed by atoms with Gasteiger partial charge in [-0.05, 0) is 23.9 Å². The second-order valence-corrected chi connectivity index (χ2v) is 4.39. The molecule has 1 aromatic rings. The molecule has 2 rings (SSSR count). The van der Waals surface area contributed by atoms with Gasteiger partial charge in [-0.25, -0.2) is 4.79 Å². The first-order valence-corrected chi connectivity index (χ1v) is 5.78. The average Bonchev–Trinajstić information content (AvgIpc) is 2.87. The number of ether oxygens (including phenoxy) is 2. The number of allylic oxidation sites excluding steroid dienone is 1. The van der Waals surface area contributed by atoms with Crippen molar-refractivity contribution in [1.29, 1.82) is 0 Å². The minimum absolute atomic E-state index is 0.289. The zero-order chi connectivity index (χ0) is 11.5. The first-order valence-electron chi connectivity index (χ1n) is 4.90. The van der Waals surface area contributed by atoms with Crippen LogP contribution in [0.25, 0.3) is 5.57 Å². The van der Waals surface area contributed by atoms with E-state index in [1.807, 2.05) is 11.4 Å². The van der Waals surface area contributed by atoms with E-state index in [1.165, 1.54) is 17.4 Å². The zero-order valence-electron chi connectivity index (χ0n) is 8.80. The highest BCUT2D eigenvalue weighted by molar-refractivity contribution is 7.11. The van der Waals surface area contributed by atoms with Crippen molar-refractivity contribution in [2.24, 2.45) is 0 Å². The molecule has 4 nitrogen and oxygen atoms in total. The van der Waals surface area contributed by atoms with Gasteiger partial charge in [-0.15, -0.1) is 11.3 Å². The fourth-order valence-electron chi connectivity index (χ4n) is 1.49. The number of carboxylic acids is 1. The molecule has 0 amide bonds. The molecule has 1 aromatic heterocycles. The van der Waals surface area contributed by atoms with E-state index in [1.54, 1.807) is 6.92 Å². The van der Waals surface area contributed by atoms with E-state index >= 15 is 0 Å². The lowest BCUT2D eigenvalue weighted by molar-refractivity contribution is -0.131. The number of hydrogen-bond acceptors (Lipinski definition) is 4. The van der Waals surface area contributed by atoms with Gasteiger partial charge in [0.2, 0.25) is 0 Å². The Morgan fingerprint density at radius 2 is 2.25 bits per heavy atom. The highest BCUT2D eigenvalue weighted by Gasteiger charge is 2.19. The number of rotatable bonds is 3. The molecule has 0 atom stereocenters. The van der Waals surface area contributed by atoms with Crippen molar-refractivity contribution < 1.29 is 19.4 Å². The summed E-state index contributed by atoms with van der Waals surface area (Å²) in [6, 6.07) is 1.91. The molecule has 5 heteroatoms. The third-order valence-corrected chi connectivity index (χ3v) is 3.33. The molecule has 0 aliphatic carbocycles. The first-order chi connectivity index (χ1) is 7.66. The van der Waals surface area contributed by atoms with E-state index in [-0.39, 0.29) is 6.29 Å². The predicted octanol–water partition coefficient (Wildman–Crippen LogP) is 2.28. The van der Waals surface area contributed by atoms with E-state index in [0.717, 1.165) is 16.0 Å². The van der Waals surface area contributed by atoms with Gasteiger partial charge in [0, 0.05) is 16.5 Å². The van der Waals surface area contributed by atoms with Crippen LogP contribution in [0, 0.1) is 0 Å². The summed E-state index contributed by atoms with van der Waals surface area (Å²) in [7, 11) is 0. The maximum atomic E-state index is 10.5. The molecule has 1 aliphatic heterocycles. The molecule has 0 saturated carbocycles. The Balaban J connectivity index is 2.15. The highest BCUT2D eigenvalue weighted by atomic mass is 32.1. The van der Waals surface area contributed by atoms with Crippen molar-refractivity contribution in [3.8, 4) is 0 Å². The topological polar surface area (TPSA) is 55.8 Å². The monoisotopic (exact) mass is 240 g/mol. The second-order valence-electron chi connectivity index (χ2n) is 3.48. The van der Waals surface area contributed by atoms with Gasteiger partial charge in [0.05, 0.1) is 13.2 Å². The van der Waals surface area contributed by atoms with Gasteiger partial charge in [0.1, 0.15) is 0 Å². The maximum Gasteiger partial charge on any atom is 0.328 e. The normalized spacial score (nSPS) is 17.9. The minimum atomic E-state index is -0.930. The molecule has 0 bridgehead atoms. The summed E-state index contributed by atoms with van der Waals surface area (Å²) in [4.78, 5) is 11.5. The van der Waals surface area contributed by atoms with Crippen molar-refractivity contribution in [3.05, 3.63) is 28.0 Å². The Labute approximate surface area is 97.1 Å². The molecule has 86 valence electrons. The Kier molecular flexibility index (Phi) is 3.38. The summed E-state index contributed by atoms with van der Waals surface area (Å²) in [6.07, 6.45) is 0.911. The molecule has 0 radical (unpaired) electrons. The van der Waals surface area contributed by atoms with Crippen molar-refractivity contribution in [2.45, 2.75) is 13.2 Å². The summed E-state index contributed by atoms with van der Waals surface area (Å²) >= 11 is 1.49. The third-order valence-electron chi connectivity index (χ3n) is 2.24. The molecule has 1 N–H and O–H groups in total. The molecule has 1 fully saturated rings. The Morgan fingerprint density at radius 3 is 2.88 bits per heavy atom. The molecule has 1 aliphatic rings. The molecule has 0 aromatic carbocycles. The van der Waals surface area contributed by atoms with Gasteiger partial charge in [-0.2, -0.15) is 0 Å². The average molecular weight is 240 g/mol. The lowest BCUT2D eigenvalue weighted by Crippen LogP contribution is -1.95.